The van der Waals surface area contributed by atoms with Crippen LogP contribution in [-0.2, 0) is 14.3 Å². The molecule has 1 amide bonds. The highest BCUT2D eigenvalue weighted by atomic mass is 79.9. The number of carbonyl (C=O) groups excluding carboxylic acids is 2. The molecule has 1 N–H and O–H groups in total. The van der Waals surface area contributed by atoms with Crippen LogP contribution in [-0.4, -0.2) is 25.5 Å². The van der Waals surface area contributed by atoms with Gasteiger partial charge in [-0.05, 0) is 30.2 Å². The summed E-state index contributed by atoms with van der Waals surface area (Å²) in [5, 5.41) is 2.70. The third kappa shape index (κ3) is 6.76. The van der Waals surface area contributed by atoms with Crippen LogP contribution in [0.4, 0.5) is 0 Å². The SMILES string of the molecule is COC(=O)CCCNC(=O)/C=C/c1cccc(Br)c1. The fraction of sp³-hybridized carbons (Fsp3) is 0.286. The average Bonchev–Trinajstić information content (AvgIpc) is 2.41. The first-order valence-corrected chi connectivity index (χ1v) is 6.69. The van der Waals surface area contributed by atoms with Crippen LogP contribution in [0.5, 0.6) is 0 Å². The molecular weight excluding hydrogens is 310 g/mol. The van der Waals surface area contributed by atoms with Crippen LogP contribution in [0.15, 0.2) is 34.8 Å². The van der Waals surface area contributed by atoms with Crippen molar-refractivity contribution in [1.82, 2.24) is 5.32 Å². The van der Waals surface area contributed by atoms with Crippen molar-refractivity contribution in [2.45, 2.75) is 12.8 Å². The fourth-order valence-electron chi connectivity index (χ4n) is 1.39. The summed E-state index contributed by atoms with van der Waals surface area (Å²) in [6.07, 6.45) is 4.09. The number of rotatable bonds is 6. The number of ether oxygens (including phenoxy) is 1. The highest BCUT2D eigenvalue weighted by molar-refractivity contribution is 9.10. The Morgan fingerprint density at radius 2 is 2.21 bits per heavy atom. The molecule has 0 heterocycles. The number of amides is 1. The van der Waals surface area contributed by atoms with E-state index in [1.54, 1.807) is 6.08 Å². The molecule has 1 aromatic carbocycles. The highest BCUT2D eigenvalue weighted by Crippen LogP contribution is 2.12. The Kier molecular flexibility index (Phi) is 6.89. The summed E-state index contributed by atoms with van der Waals surface area (Å²) < 4.78 is 5.47. The van der Waals surface area contributed by atoms with Crippen LogP contribution >= 0.6 is 15.9 Å². The van der Waals surface area contributed by atoms with Gasteiger partial charge in [-0.1, -0.05) is 28.1 Å². The van der Waals surface area contributed by atoms with Crippen molar-refractivity contribution in [3.05, 3.63) is 40.4 Å². The lowest BCUT2D eigenvalue weighted by molar-refractivity contribution is -0.140. The highest BCUT2D eigenvalue weighted by Gasteiger charge is 2.00. The molecule has 0 saturated carbocycles. The first-order chi connectivity index (χ1) is 9.11. The molecule has 0 atom stereocenters. The number of benzene rings is 1. The minimum absolute atomic E-state index is 0.176. The van der Waals surface area contributed by atoms with E-state index in [1.165, 1.54) is 13.2 Å². The van der Waals surface area contributed by atoms with Gasteiger partial charge >= 0.3 is 5.97 Å². The first kappa shape index (κ1) is 15.4. The van der Waals surface area contributed by atoms with E-state index < -0.39 is 0 Å². The van der Waals surface area contributed by atoms with Gasteiger partial charge < -0.3 is 10.1 Å². The molecule has 4 nitrogen and oxygen atoms in total. The molecule has 0 bridgehead atoms. The van der Waals surface area contributed by atoms with Gasteiger partial charge in [-0.3, -0.25) is 9.59 Å². The zero-order valence-corrected chi connectivity index (χ0v) is 12.3. The van der Waals surface area contributed by atoms with Crippen LogP contribution in [0.3, 0.4) is 0 Å². The Morgan fingerprint density at radius 1 is 1.42 bits per heavy atom. The van der Waals surface area contributed by atoms with E-state index in [2.05, 4.69) is 26.0 Å². The van der Waals surface area contributed by atoms with E-state index in [0.29, 0.717) is 19.4 Å². The summed E-state index contributed by atoms with van der Waals surface area (Å²) in [6, 6.07) is 7.65. The Morgan fingerprint density at radius 3 is 2.89 bits per heavy atom. The quantitative estimate of drug-likeness (QED) is 0.496. The molecule has 0 unspecified atom stereocenters. The predicted molar refractivity (Wildman–Crippen MR) is 77.4 cm³/mol. The van der Waals surface area contributed by atoms with E-state index >= 15 is 0 Å². The van der Waals surface area contributed by atoms with Crippen LogP contribution in [0.25, 0.3) is 6.08 Å². The minimum Gasteiger partial charge on any atom is -0.469 e. The van der Waals surface area contributed by atoms with Crippen molar-refractivity contribution in [3.63, 3.8) is 0 Å². The van der Waals surface area contributed by atoms with Crippen molar-refractivity contribution in [3.8, 4) is 0 Å². The summed E-state index contributed by atoms with van der Waals surface area (Å²) in [6.45, 7) is 0.455. The van der Waals surface area contributed by atoms with E-state index in [-0.39, 0.29) is 11.9 Å². The molecule has 19 heavy (non-hydrogen) atoms. The van der Waals surface area contributed by atoms with E-state index in [9.17, 15) is 9.59 Å². The Hall–Kier alpha value is -1.62. The molecular formula is C14H16BrNO3. The molecule has 0 aliphatic rings. The summed E-state index contributed by atoms with van der Waals surface area (Å²) in [5.74, 6) is -0.441. The number of hydrogen-bond donors (Lipinski definition) is 1. The molecule has 0 saturated heterocycles. The summed E-state index contributed by atoms with van der Waals surface area (Å²) >= 11 is 3.36. The van der Waals surface area contributed by atoms with Gasteiger partial charge in [0, 0.05) is 23.5 Å². The van der Waals surface area contributed by atoms with Gasteiger partial charge in [-0.15, -0.1) is 0 Å². The smallest absolute Gasteiger partial charge is 0.305 e. The number of hydrogen-bond acceptors (Lipinski definition) is 3. The van der Waals surface area contributed by atoms with Gasteiger partial charge in [-0.2, -0.15) is 0 Å². The van der Waals surface area contributed by atoms with Gasteiger partial charge in [0.05, 0.1) is 7.11 Å². The average molecular weight is 326 g/mol. The van der Waals surface area contributed by atoms with Crippen molar-refractivity contribution in [2.24, 2.45) is 0 Å². The molecule has 0 fully saturated rings. The van der Waals surface area contributed by atoms with Crippen LogP contribution in [0, 0.1) is 0 Å². The topological polar surface area (TPSA) is 55.4 Å². The number of methoxy groups -OCH3 is 1. The molecule has 0 aromatic heterocycles. The number of halogens is 1. The van der Waals surface area contributed by atoms with Crippen LogP contribution < -0.4 is 5.32 Å². The van der Waals surface area contributed by atoms with Crippen molar-refractivity contribution in [1.29, 1.82) is 0 Å². The number of esters is 1. The zero-order valence-electron chi connectivity index (χ0n) is 10.7. The largest absolute Gasteiger partial charge is 0.469 e. The molecule has 1 aromatic rings. The minimum atomic E-state index is -0.265. The standard InChI is InChI=1S/C14H16BrNO3/c1-19-14(18)6-3-9-16-13(17)8-7-11-4-2-5-12(15)10-11/h2,4-5,7-8,10H,3,6,9H2,1H3,(H,16,17)/b8-7+. The zero-order chi connectivity index (χ0) is 14.1. The summed E-state index contributed by atoms with van der Waals surface area (Å²) in [7, 11) is 1.35. The van der Waals surface area contributed by atoms with Crippen LogP contribution in [0.2, 0.25) is 0 Å². The second-order valence-electron chi connectivity index (χ2n) is 3.86. The maximum absolute atomic E-state index is 11.5. The van der Waals surface area contributed by atoms with Crippen LogP contribution in [0.1, 0.15) is 18.4 Å². The first-order valence-electron chi connectivity index (χ1n) is 5.90. The maximum atomic E-state index is 11.5. The van der Waals surface area contributed by atoms with E-state index in [1.807, 2.05) is 24.3 Å². The van der Waals surface area contributed by atoms with Gasteiger partial charge in [-0.25, -0.2) is 0 Å². The molecule has 102 valence electrons. The molecule has 1 rings (SSSR count). The van der Waals surface area contributed by atoms with Gasteiger partial charge in [0.2, 0.25) is 5.91 Å². The summed E-state index contributed by atoms with van der Waals surface area (Å²) in [4.78, 5) is 22.3. The molecule has 0 aliphatic carbocycles. The van der Waals surface area contributed by atoms with E-state index in [4.69, 9.17) is 0 Å². The van der Waals surface area contributed by atoms with Gasteiger partial charge in [0.1, 0.15) is 0 Å². The monoisotopic (exact) mass is 325 g/mol. The lowest BCUT2D eigenvalue weighted by atomic mass is 10.2. The fourth-order valence-corrected chi connectivity index (χ4v) is 1.80. The van der Waals surface area contributed by atoms with Crippen molar-refractivity contribution < 1.29 is 14.3 Å². The van der Waals surface area contributed by atoms with Gasteiger partial charge in [0.15, 0.2) is 0 Å². The number of nitrogens with one attached hydrogen (secondary N) is 1. The number of carbonyl (C=O) groups is 2. The van der Waals surface area contributed by atoms with E-state index in [0.717, 1.165) is 10.0 Å². The molecule has 5 heteroatoms. The second-order valence-corrected chi connectivity index (χ2v) is 4.77. The molecule has 0 aliphatic heterocycles. The third-order valence-electron chi connectivity index (χ3n) is 2.36. The second kappa shape index (κ2) is 8.48. The molecule has 0 radical (unpaired) electrons. The lowest BCUT2D eigenvalue weighted by Gasteiger charge is -2.01. The maximum Gasteiger partial charge on any atom is 0.305 e. The predicted octanol–water partition coefficient (Wildman–Crippen LogP) is 2.53. The van der Waals surface area contributed by atoms with Crippen molar-refractivity contribution in [2.75, 3.05) is 13.7 Å². The Labute approximate surface area is 121 Å². The summed E-state index contributed by atoms with van der Waals surface area (Å²) in [5.41, 5.74) is 0.944. The lowest BCUT2D eigenvalue weighted by Crippen LogP contribution is -2.22. The van der Waals surface area contributed by atoms with Gasteiger partial charge in [0.25, 0.3) is 0 Å². The normalized spacial score (nSPS) is 10.4. The Bertz CT molecular complexity index is 472. The van der Waals surface area contributed by atoms with Crippen molar-refractivity contribution >= 4 is 33.9 Å². The molecule has 0 spiro atoms. The third-order valence-corrected chi connectivity index (χ3v) is 2.85. The Balaban J connectivity index is 2.29.